The molecular weight excluding hydrogens is 729 g/mol. The van der Waals surface area contributed by atoms with E-state index in [1.165, 1.54) is 11.0 Å². The van der Waals surface area contributed by atoms with Crippen molar-refractivity contribution < 1.29 is 23.9 Å². The Labute approximate surface area is 323 Å². The quantitative estimate of drug-likeness (QED) is 0.0781. The third-order valence-electron chi connectivity index (χ3n) is 7.87. The summed E-state index contributed by atoms with van der Waals surface area (Å²) in [7, 11) is 0. The molecule has 1 aliphatic heterocycles. The second-order valence-corrected chi connectivity index (χ2v) is 13.3. The van der Waals surface area contributed by atoms with Crippen LogP contribution in [0.5, 0.6) is 11.5 Å². The van der Waals surface area contributed by atoms with Gasteiger partial charge in [0.1, 0.15) is 12.2 Å². The fourth-order valence-corrected chi connectivity index (χ4v) is 6.48. The number of benzene rings is 4. The minimum Gasteiger partial charge on any atom is -0.490 e. The minimum absolute atomic E-state index is 0.0751. The van der Waals surface area contributed by atoms with E-state index in [0.29, 0.717) is 39.4 Å². The van der Waals surface area contributed by atoms with Gasteiger partial charge in [-0.05, 0) is 72.5 Å². The van der Waals surface area contributed by atoms with Crippen molar-refractivity contribution >= 4 is 63.9 Å². The van der Waals surface area contributed by atoms with Gasteiger partial charge < -0.3 is 14.8 Å². The van der Waals surface area contributed by atoms with Crippen LogP contribution < -0.4 is 14.8 Å². The molecule has 270 valence electrons. The molecule has 4 aromatic carbocycles. The third kappa shape index (κ3) is 10.2. The van der Waals surface area contributed by atoms with E-state index in [1.54, 1.807) is 61.6 Å². The number of halogens is 2. The zero-order valence-corrected chi connectivity index (χ0v) is 31.5. The van der Waals surface area contributed by atoms with Crippen LogP contribution in [0.1, 0.15) is 42.1 Å². The van der Waals surface area contributed by atoms with E-state index in [-0.39, 0.29) is 29.0 Å². The maximum absolute atomic E-state index is 14.2. The fraction of sp³-hybridized carbons (Fsp3) is 0.143. The summed E-state index contributed by atoms with van der Waals surface area (Å²) in [6.45, 7) is 7.90. The van der Waals surface area contributed by atoms with Crippen molar-refractivity contribution in [1.82, 2.24) is 10.2 Å². The number of nitrogens with zero attached hydrogens (tertiary/aromatic N) is 2. The zero-order valence-electron chi connectivity index (χ0n) is 29.1. The highest BCUT2D eigenvalue weighted by molar-refractivity contribution is 8.14. The summed E-state index contributed by atoms with van der Waals surface area (Å²) in [4.78, 5) is 46.8. The van der Waals surface area contributed by atoms with Gasteiger partial charge in [0.15, 0.2) is 16.7 Å². The molecule has 8 nitrogen and oxygen atoms in total. The number of allylic oxidation sites excluding steroid dienone is 4. The Morgan fingerprint density at radius 2 is 1.62 bits per heavy atom. The number of hydrogen-bond acceptors (Lipinski definition) is 6. The summed E-state index contributed by atoms with van der Waals surface area (Å²) >= 11 is 13.2. The van der Waals surface area contributed by atoms with Crippen LogP contribution in [0.2, 0.25) is 10.0 Å². The summed E-state index contributed by atoms with van der Waals surface area (Å²) < 4.78 is 11.9. The Morgan fingerprint density at radius 3 is 2.25 bits per heavy atom. The number of amides is 3. The number of amidine groups is 1. The lowest BCUT2D eigenvalue weighted by molar-refractivity contribution is -0.126. The van der Waals surface area contributed by atoms with Crippen LogP contribution in [-0.2, 0) is 21.0 Å². The predicted molar refractivity (Wildman–Crippen MR) is 214 cm³/mol. The first-order valence-corrected chi connectivity index (χ1v) is 18.5. The minimum atomic E-state index is -0.735. The fourth-order valence-electron chi connectivity index (χ4n) is 5.35. The van der Waals surface area contributed by atoms with E-state index >= 15 is 0 Å². The maximum atomic E-state index is 14.2. The van der Waals surface area contributed by atoms with E-state index in [0.717, 1.165) is 28.5 Å². The topological polar surface area (TPSA) is 97.3 Å². The van der Waals surface area contributed by atoms with Gasteiger partial charge in [-0.25, -0.2) is 0 Å². The monoisotopic (exact) mass is 765 g/mol. The lowest BCUT2D eigenvalue weighted by Crippen LogP contribution is -2.42. The lowest BCUT2D eigenvalue weighted by Gasteiger charge is -2.28. The van der Waals surface area contributed by atoms with Crippen LogP contribution in [0.3, 0.4) is 0 Å². The third-order valence-corrected chi connectivity index (χ3v) is 9.55. The summed E-state index contributed by atoms with van der Waals surface area (Å²) in [6, 6.07) is 29.2. The molecule has 4 aromatic rings. The van der Waals surface area contributed by atoms with E-state index in [1.807, 2.05) is 73.7 Å². The molecule has 0 fully saturated rings. The standard InChI is InChI=1S/C42H37Cl2N3O5S/c1-4-7-18-32(5-2)47-41(50)33(23-28-20-22-36(37(25-28)51-6-3)52-26-29-19-21-34(43)35(44)24-29)40(49)46-42(47)53-27-38(48)45-39(30-14-10-8-11-15-30)31-16-12-9-13-17-31/h4-5,7-25,39H,1,6,26-27H2,2-3H3,(H,45,48)/b18-7-,32-5+,33-23+. The molecule has 0 aliphatic carbocycles. The Bertz CT molecular complexity index is 2060. The smallest absolute Gasteiger partial charge is 0.285 e. The molecule has 5 rings (SSSR count). The molecule has 0 saturated carbocycles. The van der Waals surface area contributed by atoms with Gasteiger partial charge >= 0.3 is 0 Å². The molecule has 11 heteroatoms. The maximum Gasteiger partial charge on any atom is 0.285 e. The molecular formula is C42H37Cl2N3O5S. The second-order valence-electron chi connectivity index (χ2n) is 11.5. The Kier molecular flexibility index (Phi) is 13.9. The van der Waals surface area contributed by atoms with Crippen molar-refractivity contribution in [2.45, 2.75) is 26.5 Å². The highest BCUT2D eigenvalue weighted by Gasteiger charge is 2.35. The van der Waals surface area contributed by atoms with Gasteiger partial charge in [0, 0.05) is 5.70 Å². The van der Waals surface area contributed by atoms with Gasteiger partial charge in [-0.15, -0.1) is 0 Å². The van der Waals surface area contributed by atoms with E-state index < -0.39 is 17.9 Å². The first-order valence-electron chi connectivity index (χ1n) is 16.7. The highest BCUT2D eigenvalue weighted by atomic mass is 35.5. The molecule has 0 bridgehead atoms. The second kappa shape index (κ2) is 18.9. The molecule has 0 atom stereocenters. The average Bonchev–Trinajstić information content (AvgIpc) is 3.17. The van der Waals surface area contributed by atoms with Crippen LogP contribution in [0.25, 0.3) is 6.08 Å². The molecule has 0 radical (unpaired) electrons. The highest BCUT2D eigenvalue weighted by Crippen LogP contribution is 2.33. The molecule has 3 amide bonds. The SMILES string of the molecule is C=C/C=C\C(=C/C)N1C(=O)/C(=C/c2ccc(OCc3ccc(Cl)c(Cl)c3)c(OCC)c2)C(=O)N=C1SCC(=O)NC(c1ccccc1)c1ccccc1. The van der Waals surface area contributed by atoms with Gasteiger partial charge in [-0.1, -0.05) is 133 Å². The molecule has 0 unspecified atom stereocenters. The van der Waals surface area contributed by atoms with Crippen molar-refractivity contribution in [2.24, 2.45) is 4.99 Å². The number of ether oxygens (including phenoxy) is 2. The summed E-state index contributed by atoms with van der Waals surface area (Å²) in [6.07, 6.45) is 8.12. The lowest BCUT2D eigenvalue weighted by atomic mass is 9.99. The van der Waals surface area contributed by atoms with E-state index in [9.17, 15) is 14.4 Å². The molecule has 0 aromatic heterocycles. The van der Waals surface area contributed by atoms with Crippen molar-refractivity contribution in [1.29, 1.82) is 0 Å². The molecule has 0 spiro atoms. The first-order chi connectivity index (χ1) is 25.7. The van der Waals surface area contributed by atoms with Crippen LogP contribution in [0.4, 0.5) is 0 Å². The molecule has 1 aliphatic rings. The van der Waals surface area contributed by atoms with Gasteiger partial charge in [0.25, 0.3) is 11.8 Å². The van der Waals surface area contributed by atoms with Crippen molar-refractivity contribution in [3.8, 4) is 11.5 Å². The van der Waals surface area contributed by atoms with Crippen molar-refractivity contribution in [3.63, 3.8) is 0 Å². The Morgan fingerprint density at radius 1 is 0.925 bits per heavy atom. The van der Waals surface area contributed by atoms with Crippen molar-refractivity contribution in [2.75, 3.05) is 12.4 Å². The van der Waals surface area contributed by atoms with Gasteiger partial charge in [-0.2, -0.15) is 4.99 Å². The van der Waals surface area contributed by atoms with Crippen LogP contribution in [0, 0.1) is 0 Å². The number of aliphatic imine (C=N–C) groups is 1. The Hall–Kier alpha value is -5.35. The Balaban J connectivity index is 1.39. The van der Waals surface area contributed by atoms with Gasteiger partial charge in [0.2, 0.25) is 5.91 Å². The number of rotatable bonds is 14. The normalized spacial score (nSPS) is 14.1. The molecule has 53 heavy (non-hydrogen) atoms. The zero-order chi connectivity index (χ0) is 37.7. The summed E-state index contributed by atoms with van der Waals surface area (Å²) in [5, 5.41) is 4.04. The number of nitrogens with one attached hydrogen (secondary N) is 1. The molecule has 0 saturated heterocycles. The first kappa shape index (κ1) is 38.9. The number of carbonyl (C=O) groups excluding carboxylic acids is 3. The van der Waals surface area contributed by atoms with E-state index in [4.69, 9.17) is 32.7 Å². The van der Waals surface area contributed by atoms with Crippen LogP contribution >= 0.6 is 35.0 Å². The summed E-state index contributed by atoms with van der Waals surface area (Å²) in [5.74, 6) is -0.849. The number of hydrogen-bond donors (Lipinski definition) is 1. The largest absolute Gasteiger partial charge is 0.490 e. The van der Waals surface area contributed by atoms with Crippen molar-refractivity contribution in [3.05, 3.63) is 172 Å². The van der Waals surface area contributed by atoms with Gasteiger partial charge in [-0.3, -0.25) is 19.3 Å². The summed E-state index contributed by atoms with van der Waals surface area (Å²) in [5.41, 5.74) is 3.45. The van der Waals surface area contributed by atoms with Crippen LogP contribution in [0.15, 0.2) is 144 Å². The van der Waals surface area contributed by atoms with E-state index in [2.05, 4.69) is 16.9 Å². The molecule has 1 N–H and O–H groups in total. The predicted octanol–water partition coefficient (Wildman–Crippen LogP) is 9.36. The average molecular weight is 767 g/mol. The van der Waals surface area contributed by atoms with Crippen LogP contribution in [-0.4, -0.2) is 40.1 Å². The number of thioether (sulfide) groups is 1. The number of carbonyl (C=O) groups is 3. The van der Waals surface area contributed by atoms with Gasteiger partial charge in [0.05, 0.1) is 28.4 Å². The molecule has 1 heterocycles.